The number of anilines is 1. The molecule has 0 fully saturated rings. The van der Waals surface area contributed by atoms with E-state index in [9.17, 15) is 4.79 Å². The van der Waals surface area contributed by atoms with Gasteiger partial charge in [0.05, 0.1) is 17.9 Å². The first-order valence-electron chi connectivity index (χ1n) is 6.96. The van der Waals surface area contributed by atoms with E-state index < -0.39 is 0 Å². The number of hydrogen-bond acceptors (Lipinski definition) is 4. The lowest BCUT2D eigenvalue weighted by Gasteiger charge is -2.21. The highest BCUT2D eigenvalue weighted by Gasteiger charge is 2.22. The van der Waals surface area contributed by atoms with Gasteiger partial charge in [0.15, 0.2) is 11.5 Å². The van der Waals surface area contributed by atoms with Crippen LogP contribution in [-0.2, 0) is 6.54 Å². The number of carbonyl (C=O) groups excluding carboxylic acids is 1. The summed E-state index contributed by atoms with van der Waals surface area (Å²) >= 11 is 4.47. The van der Waals surface area contributed by atoms with Gasteiger partial charge in [0.2, 0.25) is 0 Å². The van der Waals surface area contributed by atoms with E-state index in [1.807, 2.05) is 6.07 Å². The Morgan fingerprint density at radius 2 is 1.95 bits per heavy atom. The van der Waals surface area contributed by atoms with Gasteiger partial charge in [0.1, 0.15) is 0 Å². The van der Waals surface area contributed by atoms with Gasteiger partial charge in [-0.05, 0) is 24.6 Å². The summed E-state index contributed by atoms with van der Waals surface area (Å²) in [6.07, 6.45) is 0.441. The Labute approximate surface area is 129 Å². The monoisotopic (exact) mass is 299 g/mol. The second kappa shape index (κ2) is 5.82. The maximum Gasteiger partial charge on any atom is 0.170 e. The van der Waals surface area contributed by atoms with E-state index in [-0.39, 0.29) is 5.78 Å². The number of nitrogens with one attached hydrogen (secondary N) is 1. The van der Waals surface area contributed by atoms with Gasteiger partial charge >= 0.3 is 0 Å². The molecule has 0 spiro atoms. The largest absolute Gasteiger partial charge is 0.490 e. The minimum atomic E-state index is 0.128. The molecule has 0 radical (unpaired) electrons. The highest BCUT2D eigenvalue weighted by Crippen LogP contribution is 2.37. The molecule has 0 saturated carbocycles. The van der Waals surface area contributed by atoms with Gasteiger partial charge in [0, 0.05) is 17.9 Å². The first-order valence-corrected chi connectivity index (χ1v) is 7.41. The van der Waals surface area contributed by atoms with Crippen LogP contribution in [0, 0.1) is 6.92 Å². The summed E-state index contributed by atoms with van der Waals surface area (Å²) in [5.74, 6) is 0.758. The second-order valence-electron chi connectivity index (χ2n) is 5.20. The Morgan fingerprint density at radius 1 is 1.19 bits per heavy atom. The molecule has 0 amide bonds. The Balaban J connectivity index is 1.86. The van der Waals surface area contributed by atoms with Gasteiger partial charge in [0.25, 0.3) is 0 Å². The number of rotatable bonds is 3. The van der Waals surface area contributed by atoms with Crippen LogP contribution in [0.4, 0.5) is 5.69 Å². The molecule has 2 aromatic rings. The first kappa shape index (κ1) is 14.0. The van der Waals surface area contributed by atoms with Crippen molar-refractivity contribution in [2.45, 2.75) is 24.8 Å². The third-order valence-corrected chi connectivity index (χ3v) is 3.97. The summed E-state index contributed by atoms with van der Waals surface area (Å²) in [6, 6.07) is 12.0. The molecule has 1 aliphatic heterocycles. The number of ketones is 1. The topological polar surface area (TPSA) is 38.3 Å². The fourth-order valence-corrected chi connectivity index (χ4v) is 2.64. The van der Waals surface area contributed by atoms with Crippen molar-refractivity contribution < 1.29 is 9.53 Å². The predicted molar refractivity (Wildman–Crippen MR) is 86.6 cm³/mol. The molecule has 4 heteroatoms. The molecule has 0 saturated heterocycles. The molecule has 2 aromatic carbocycles. The zero-order valence-electron chi connectivity index (χ0n) is 11.8. The van der Waals surface area contributed by atoms with Crippen LogP contribution >= 0.6 is 12.6 Å². The van der Waals surface area contributed by atoms with Crippen LogP contribution in [0.15, 0.2) is 41.3 Å². The molecule has 0 bridgehead atoms. The van der Waals surface area contributed by atoms with E-state index >= 15 is 0 Å². The quantitative estimate of drug-likeness (QED) is 0.845. The molecule has 3 nitrogen and oxygen atoms in total. The van der Waals surface area contributed by atoms with Crippen LogP contribution in [0.2, 0.25) is 0 Å². The third-order valence-electron chi connectivity index (χ3n) is 3.60. The van der Waals surface area contributed by atoms with Gasteiger partial charge in [-0.1, -0.05) is 29.8 Å². The lowest BCUT2D eigenvalue weighted by atomic mass is 10.0. The molecular formula is C17H17NO2S. The number of hydrogen-bond donors (Lipinski definition) is 2. The summed E-state index contributed by atoms with van der Waals surface area (Å²) in [7, 11) is 0. The number of Topliss-reactive ketones (excluding diaryl/α,β-unsaturated/α-hetero) is 1. The molecule has 1 N–H and O–H groups in total. The van der Waals surface area contributed by atoms with E-state index in [0.29, 0.717) is 30.9 Å². The van der Waals surface area contributed by atoms with Crippen molar-refractivity contribution in [1.82, 2.24) is 0 Å². The lowest BCUT2D eigenvalue weighted by molar-refractivity contribution is 0.0934. The van der Waals surface area contributed by atoms with Crippen molar-refractivity contribution >= 4 is 24.1 Å². The van der Waals surface area contributed by atoms with Crippen molar-refractivity contribution in [2.24, 2.45) is 0 Å². The third kappa shape index (κ3) is 2.90. The van der Waals surface area contributed by atoms with Gasteiger partial charge in [-0.3, -0.25) is 4.79 Å². The van der Waals surface area contributed by atoms with E-state index in [2.05, 4.69) is 49.1 Å². The van der Waals surface area contributed by atoms with Gasteiger partial charge < -0.3 is 10.1 Å². The number of fused-ring (bicyclic) bond motifs is 1. The van der Waals surface area contributed by atoms with Crippen LogP contribution in [0.25, 0.3) is 0 Å². The fourth-order valence-electron chi connectivity index (χ4n) is 2.39. The molecule has 1 heterocycles. The number of thiol groups is 1. The Hall–Kier alpha value is -1.94. The minimum absolute atomic E-state index is 0.128. The summed E-state index contributed by atoms with van der Waals surface area (Å²) < 4.78 is 5.68. The predicted octanol–water partition coefficient (Wildman–Crippen LogP) is 3.86. The Bertz CT molecular complexity index is 680. The number of ether oxygens (including phenoxy) is 1. The normalized spacial score (nSPS) is 13.5. The summed E-state index contributed by atoms with van der Waals surface area (Å²) in [4.78, 5) is 12.7. The molecule has 0 aliphatic carbocycles. The van der Waals surface area contributed by atoms with Gasteiger partial charge in [-0.25, -0.2) is 0 Å². The average molecular weight is 299 g/mol. The van der Waals surface area contributed by atoms with Crippen LogP contribution < -0.4 is 10.1 Å². The van der Waals surface area contributed by atoms with E-state index in [0.717, 1.165) is 10.6 Å². The van der Waals surface area contributed by atoms with Crippen LogP contribution in [0.1, 0.15) is 27.9 Å². The van der Waals surface area contributed by atoms with Crippen molar-refractivity contribution in [3.05, 3.63) is 53.1 Å². The summed E-state index contributed by atoms with van der Waals surface area (Å²) in [5, 5.41) is 3.34. The van der Waals surface area contributed by atoms with E-state index in [1.54, 1.807) is 6.07 Å². The number of carbonyl (C=O) groups is 1. The number of benzene rings is 2. The standard InChI is InChI=1S/C17H17NO2S/c1-11-2-4-12(5-3-11)10-18-16-15(21)7-6-13-14(19)8-9-20-17(13)16/h2-7,18,21H,8-10H2,1H3. The zero-order chi connectivity index (χ0) is 14.8. The molecule has 108 valence electrons. The maximum atomic E-state index is 11.9. The smallest absolute Gasteiger partial charge is 0.170 e. The highest BCUT2D eigenvalue weighted by molar-refractivity contribution is 7.80. The van der Waals surface area contributed by atoms with Crippen molar-refractivity contribution in [1.29, 1.82) is 0 Å². The van der Waals surface area contributed by atoms with Crippen LogP contribution in [-0.4, -0.2) is 12.4 Å². The van der Waals surface area contributed by atoms with E-state index in [4.69, 9.17) is 4.74 Å². The number of aryl methyl sites for hydroxylation is 1. The maximum absolute atomic E-state index is 11.9. The Kier molecular flexibility index (Phi) is 3.88. The molecular weight excluding hydrogens is 282 g/mol. The van der Waals surface area contributed by atoms with Gasteiger partial charge in [-0.2, -0.15) is 0 Å². The van der Waals surface area contributed by atoms with Crippen molar-refractivity contribution in [2.75, 3.05) is 11.9 Å². The molecule has 0 atom stereocenters. The lowest BCUT2D eigenvalue weighted by Crippen LogP contribution is -2.17. The van der Waals surface area contributed by atoms with Gasteiger partial charge in [-0.15, -0.1) is 12.6 Å². The molecule has 3 rings (SSSR count). The molecule has 21 heavy (non-hydrogen) atoms. The first-order chi connectivity index (χ1) is 10.1. The highest BCUT2D eigenvalue weighted by atomic mass is 32.1. The van der Waals surface area contributed by atoms with Crippen LogP contribution in [0.5, 0.6) is 5.75 Å². The molecule has 0 unspecified atom stereocenters. The average Bonchev–Trinajstić information content (AvgIpc) is 2.48. The zero-order valence-corrected chi connectivity index (χ0v) is 12.7. The minimum Gasteiger partial charge on any atom is -0.490 e. The van der Waals surface area contributed by atoms with Crippen molar-refractivity contribution in [3.63, 3.8) is 0 Å². The molecule has 0 aromatic heterocycles. The summed E-state index contributed by atoms with van der Waals surface area (Å²) in [6.45, 7) is 3.17. The fraction of sp³-hybridized carbons (Fsp3) is 0.235. The van der Waals surface area contributed by atoms with Crippen LogP contribution in [0.3, 0.4) is 0 Å². The SMILES string of the molecule is Cc1ccc(CNc2c(S)ccc3c2OCCC3=O)cc1. The second-order valence-corrected chi connectivity index (χ2v) is 5.68. The molecule has 1 aliphatic rings. The summed E-state index contributed by atoms with van der Waals surface area (Å²) in [5.41, 5.74) is 3.85. The van der Waals surface area contributed by atoms with E-state index in [1.165, 1.54) is 11.1 Å². The van der Waals surface area contributed by atoms with Crippen molar-refractivity contribution in [3.8, 4) is 5.75 Å². The Morgan fingerprint density at radius 3 is 2.71 bits per heavy atom.